The van der Waals surface area contributed by atoms with Gasteiger partial charge >= 0.3 is 0 Å². The largest absolute Gasteiger partial charge is 0.488 e. The summed E-state index contributed by atoms with van der Waals surface area (Å²) in [6.07, 6.45) is 4.59. The molecule has 8 heteroatoms. The lowest BCUT2D eigenvalue weighted by molar-refractivity contribution is -0.144. The standard InChI is InChI=1S/C30H38N4O4/c1-5-20(2)26-28(35)31-17-15-21-11-13-23(14-12-21)38-25-16-18-34(27(25)29(36)32-26)30(37)24(33(3)4)19-22-9-7-6-8-10-22/h6-15,17,20,24-27H,5,16,18-19H2,1-4H3,(H,31,35)(H,32,36). The van der Waals surface area contributed by atoms with Crippen molar-refractivity contribution in [1.82, 2.24) is 20.4 Å². The fraction of sp³-hybridized carbons (Fsp3) is 0.433. The number of nitrogens with one attached hydrogen (secondary N) is 2. The van der Waals surface area contributed by atoms with Crippen LogP contribution in [0.1, 0.15) is 37.8 Å². The van der Waals surface area contributed by atoms with Gasteiger partial charge in [0, 0.05) is 19.2 Å². The molecule has 0 aliphatic carbocycles. The first-order chi connectivity index (χ1) is 18.3. The Morgan fingerprint density at radius 1 is 1.08 bits per heavy atom. The molecule has 3 aliphatic heterocycles. The zero-order valence-corrected chi connectivity index (χ0v) is 22.6. The summed E-state index contributed by atoms with van der Waals surface area (Å²) in [6, 6.07) is 15.3. The number of rotatable bonds is 6. The van der Waals surface area contributed by atoms with Crippen molar-refractivity contribution >= 4 is 23.8 Å². The Hall–Kier alpha value is -3.65. The lowest BCUT2D eigenvalue weighted by atomic mass is 9.97. The predicted molar refractivity (Wildman–Crippen MR) is 147 cm³/mol. The van der Waals surface area contributed by atoms with Gasteiger partial charge in [0.25, 0.3) is 0 Å². The number of hydrogen-bond donors (Lipinski definition) is 2. The van der Waals surface area contributed by atoms with Crippen LogP contribution < -0.4 is 15.4 Å². The number of hydrogen-bond acceptors (Lipinski definition) is 5. The molecule has 2 bridgehead atoms. The molecule has 5 unspecified atom stereocenters. The number of carbonyl (C=O) groups is 3. The molecule has 5 rings (SSSR count). The van der Waals surface area contributed by atoms with Crippen LogP contribution >= 0.6 is 0 Å². The molecular weight excluding hydrogens is 480 g/mol. The van der Waals surface area contributed by atoms with E-state index >= 15 is 0 Å². The number of likely N-dealkylation sites (N-methyl/N-ethyl adjacent to an activating group) is 1. The van der Waals surface area contributed by atoms with Crippen LogP contribution in [0.3, 0.4) is 0 Å². The second-order valence-electron chi connectivity index (χ2n) is 10.4. The molecule has 3 heterocycles. The van der Waals surface area contributed by atoms with Gasteiger partial charge < -0.3 is 20.3 Å². The van der Waals surface area contributed by atoms with E-state index < -0.39 is 24.2 Å². The normalized spacial score (nSPS) is 23.2. The topological polar surface area (TPSA) is 91.0 Å². The lowest BCUT2D eigenvalue weighted by Gasteiger charge is -2.34. The summed E-state index contributed by atoms with van der Waals surface area (Å²) in [4.78, 5) is 44.5. The highest BCUT2D eigenvalue weighted by molar-refractivity contribution is 5.94. The van der Waals surface area contributed by atoms with Gasteiger partial charge in [-0.25, -0.2) is 0 Å². The van der Waals surface area contributed by atoms with Crippen LogP contribution in [0.4, 0.5) is 0 Å². The fourth-order valence-corrected chi connectivity index (χ4v) is 5.05. The predicted octanol–water partition coefficient (Wildman–Crippen LogP) is 2.84. The Morgan fingerprint density at radius 3 is 2.45 bits per heavy atom. The smallest absolute Gasteiger partial charge is 0.247 e. The van der Waals surface area contributed by atoms with E-state index in [-0.39, 0.29) is 23.6 Å². The minimum absolute atomic E-state index is 0.101. The molecule has 5 atom stereocenters. The number of amides is 3. The molecule has 0 spiro atoms. The molecule has 38 heavy (non-hydrogen) atoms. The summed E-state index contributed by atoms with van der Waals surface area (Å²) < 4.78 is 6.30. The van der Waals surface area contributed by atoms with Crippen LogP contribution in [0.15, 0.2) is 60.8 Å². The van der Waals surface area contributed by atoms with E-state index in [1.807, 2.05) is 87.4 Å². The van der Waals surface area contributed by atoms with Crippen LogP contribution in [-0.4, -0.2) is 72.4 Å². The van der Waals surface area contributed by atoms with Crippen molar-refractivity contribution in [3.63, 3.8) is 0 Å². The molecule has 2 N–H and O–H groups in total. The van der Waals surface area contributed by atoms with Gasteiger partial charge in [-0.3, -0.25) is 19.3 Å². The van der Waals surface area contributed by atoms with Crippen molar-refractivity contribution in [2.24, 2.45) is 5.92 Å². The summed E-state index contributed by atoms with van der Waals surface area (Å²) in [5, 5.41) is 5.78. The molecule has 0 aromatic heterocycles. The maximum absolute atomic E-state index is 14.0. The van der Waals surface area contributed by atoms with Gasteiger partial charge in [0.15, 0.2) is 0 Å². The summed E-state index contributed by atoms with van der Waals surface area (Å²) in [5.74, 6) is -0.269. The average molecular weight is 519 g/mol. The van der Waals surface area contributed by atoms with Gasteiger partial charge in [-0.1, -0.05) is 62.7 Å². The first-order valence-electron chi connectivity index (χ1n) is 13.3. The van der Waals surface area contributed by atoms with E-state index in [0.29, 0.717) is 31.6 Å². The zero-order valence-electron chi connectivity index (χ0n) is 22.6. The van der Waals surface area contributed by atoms with Gasteiger partial charge in [0.05, 0.1) is 6.04 Å². The molecule has 1 saturated heterocycles. The molecular formula is C30H38N4O4. The highest BCUT2D eigenvalue weighted by Crippen LogP contribution is 2.27. The Morgan fingerprint density at radius 2 is 1.79 bits per heavy atom. The van der Waals surface area contributed by atoms with Gasteiger partial charge in [0.2, 0.25) is 17.7 Å². The summed E-state index contributed by atoms with van der Waals surface area (Å²) in [7, 11) is 3.75. The molecule has 0 radical (unpaired) electrons. The number of benzene rings is 2. The Labute approximate surface area is 225 Å². The maximum Gasteiger partial charge on any atom is 0.247 e. The highest BCUT2D eigenvalue weighted by Gasteiger charge is 2.46. The molecule has 0 saturated carbocycles. The van der Waals surface area contributed by atoms with E-state index in [1.165, 1.54) is 0 Å². The van der Waals surface area contributed by atoms with Crippen LogP contribution in [-0.2, 0) is 20.8 Å². The zero-order chi connectivity index (χ0) is 27.2. The third kappa shape index (κ3) is 6.25. The first-order valence-corrected chi connectivity index (χ1v) is 13.3. The second-order valence-corrected chi connectivity index (χ2v) is 10.4. The van der Waals surface area contributed by atoms with Crippen molar-refractivity contribution in [3.05, 3.63) is 71.9 Å². The van der Waals surface area contributed by atoms with E-state index in [1.54, 1.807) is 17.2 Å². The lowest BCUT2D eigenvalue weighted by Crippen LogP contribution is -2.59. The number of carbonyl (C=O) groups excluding carboxylic acids is 3. The van der Waals surface area contributed by atoms with Gasteiger partial charge in [-0.2, -0.15) is 0 Å². The average Bonchev–Trinajstić information content (AvgIpc) is 3.34. The van der Waals surface area contributed by atoms with Crippen LogP contribution in [0.25, 0.3) is 6.08 Å². The molecule has 1 fully saturated rings. The number of fused-ring (bicyclic) bond motifs is 7. The van der Waals surface area contributed by atoms with Gasteiger partial charge in [0.1, 0.15) is 23.9 Å². The molecule has 2 aromatic carbocycles. The Balaban J connectivity index is 1.67. The molecule has 2 aromatic rings. The fourth-order valence-electron chi connectivity index (χ4n) is 5.05. The number of nitrogens with zero attached hydrogens (tertiary/aromatic N) is 2. The maximum atomic E-state index is 14.0. The monoisotopic (exact) mass is 518 g/mol. The van der Waals surface area contributed by atoms with Crippen molar-refractivity contribution < 1.29 is 19.1 Å². The van der Waals surface area contributed by atoms with Crippen molar-refractivity contribution in [2.45, 2.75) is 57.3 Å². The van der Waals surface area contributed by atoms with Crippen molar-refractivity contribution in [3.8, 4) is 5.75 Å². The molecule has 8 nitrogen and oxygen atoms in total. The second kappa shape index (κ2) is 12.3. The Bertz CT molecular complexity index is 1150. The number of ether oxygens (including phenoxy) is 1. The quantitative estimate of drug-likeness (QED) is 0.614. The van der Waals surface area contributed by atoms with Crippen LogP contribution in [0.2, 0.25) is 0 Å². The summed E-state index contributed by atoms with van der Waals surface area (Å²) in [5.41, 5.74) is 1.96. The van der Waals surface area contributed by atoms with Crippen molar-refractivity contribution in [1.29, 1.82) is 0 Å². The van der Waals surface area contributed by atoms with Gasteiger partial charge in [-0.05, 0) is 55.8 Å². The van der Waals surface area contributed by atoms with E-state index in [0.717, 1.165) is 11.1 Å². The Kier molecular flexibility index (Phi) is 8.84. The van der Waals surface area contributed by atoms with E-state index in [9.17, 15) is 14.4 Å². The van der Waals surface area contributed by atoms with Crippen molar-refractivity contribution in [2.75, 3.05) is 20.6 Å². The van der Waals surface area contributed by atoms with Crippen LogP contribution in [0.5, 0.6) is 5.75 Å². The summed E-state index contributed by atoms with van der Waals surface area (Å²) in [6.45, 7) is 4.30. The third-order valence-corrected chi connectivity index (χ3v) is 7.54. The van der Waals surface area contributed by atoms with E-state index in [4.69, 9.17) is 4.74 Å². The van der Waals surface area contributed by atoms with E-state index in [2.05, 4.69) is 10.6 Å². The SMILES string of the molecule is CCC(C)C1NC(=O)C2C(CCN2C(=O)C(Cc2ccccc2)N(C)C)Oc2ccc(cc2)C=CNC1=O. The minimum Gasteiger partial charge on any atom is -0.488 e. The third-order valence-electron chi connectivity index (χ3n) is 7.54. The number of likely N-dealkylation sites (tertiary alicyclic amines) is 1. The highest BCUT2D eigenvalue weighted by atomic mass is 16.5. The molecule has 202 valence electrons. The van der Waals surface area contributed by atoms with Crippen LogP contribution in [0, 0.1) is 5.92 Å². The summed E-state index contributed by atoms with van der Waals surface area (Å²) >= 11 is 0. The first kappa shape index (κ1) is 27.4. The molecule has 3 aliphatic rings. The van der Waals surface area contributed by atoms with Gasteiger partial charge in [-0.15, -0.1) is 0 Å². The molecule has 3 amide bonds. The minimum atomic E-state index is -0.863.